The van der Waals surface area contributed by atoms with E-state index in [0.29, 0.717) is 24.6 Å². The molecule has 3 amide bonds. The van der Waals surface area contributed by atoms with Crippen molar-refractivity contribution >= 4 is 17.9 Å². The second kappa shape index (κ2) is 7.46. The normalized spacial score (nSPS) is 25.1. The van der Waals surface area contributed by atoms with Gasteiger partial charge in [0.05, 0.1) is 33.8 Å². The molecule has 30 heavy (non-hydrogen) atoms. The molecule has 9 heteroatoms. The number of amides is 3. The molecule has 4 rings (SSSR count). The summed E-state index contributed by atoms with van der Waals surface area (Å²) >= 11 is 0. The van der Waals surface area contributed by atoms with Crippen LogP contribution in [0.5, 0.6) is 11.5 Å². The Hall–Kier alpha value is -2.81. The predicted molar refractivity (Wildman–Crippen MR) is 106 cm³/mol. The smallest absolute Gasteiger partial charge is 0.328 e. The molecule has 2 fully saturated rings. The van der Waals surface area contributed by atoms with Crippen LogP contribution in [0.4, 0.5) is 4.79 Å². The van der Waals surface area contributed by atoms with Crippen LogP contribution in [-0.2, 0) is 20.9 Å². The van der Waals surface area contributed by atoms with E-state index >= 15 is 0 Å². The number of fused-ring (bicyclic) bond motifs is 2. The molecule has 2 saturated heterocycles. The van der Waals surface area contributed by atoms with Gasteiger partial charge >= 0.3 is 12.0 Å². The van der Waals surface area contributed by atoms with Crippen molar-refractivity contribution in [1.29, 1.82) is 0 Å². The third-order valence-corrected chi connectivity index (χ3v) is 6.35. The van der Waals surface area contributed by atoms with Gasteiger partial charge in [-0.25, -0.2) is 4.79 Å². The number of imide groups is 1. The lowest BCUT2D eigenvalue weighted by Gasteiger charge is -2.42. The zero-order chi connectivity index (χ0) is 21.6. The molecule has 9 nitrogen and oxygen atoms in total. The second-order valence-electron chi connectivity index (χ2n) is 7.95. The Bertz CT molecular complexity index is 903. The van der Waals surface area contributed by atoms with E-state index in [9.17, 15) is 14.4 Å². The number of nitrogens with zero attached hydrogens (tertiary/aromatic N) is 3. The van der Waals surface area contributed by atoms with Crippen molar-refractivity contribution in [2.45, 2.75) is 31.3 Å². The standard InChI is InChI=1S/C21H27N3O6/c1-5-30-18(25)6-7-23-19(26)21-12-22(2)11-16(21)14-8-13(28-3)9-17(29-4)15(14)10-24(21)20(23)27/h8-9,16H,5-7,10-12H2,1-4H3/t16-,21-/m1/s1. The summed E-state index contributed by atoms with van der Waals surface area (Å²) in [4.78, 5) is 43.7. The maximum absolute atomic E-state index is 13.6. The minimum Gasteiger partial charge on any atom is -0.497 e. The molecular weight excluding hydrogens is 390 g/mol. The van der Waals surface area contributed by atoms with Gasteiger partial charge in [0.2, 0.25) is 0 Å². The number of likely N-dealkylation sites (N-methyl/N-ethyl adjacent to an activating group) is 1. The van der Waals surface area contributed by atoms with Gasteiger partial charge in [-0.15, -0.1) is 0 Å². The Labute approximate surface area is 175 Å². The van der Waals surface area contributed by atoms with Crippen molar-refractivity contribution in [1.82, 2.24) is 14.7 Å². The fourth-order valence-corrected chi connectivity index (χ4v) is 5.07. The van der Waals surface area contributed by atoms with Gasteiger partial charge in [-0.3, -0.25) is 14.5 Å². The number of carbonyl (C=O) groups excluding carboxylic acids is 3. The van der Waals surface area contributed by atoms with Crippen LogP contribution in [0.1, 0.15) is 30.4 Å². The second-order valence-corrected chi connectivity index (χ2v) is 7.95. The van der Waals surface area contributed by atoms with Crippen molar-refractivity contribution in [3.05, 3.63) is 23.3 Å². The van der Waals surface area contributed by atoms with E-state index in [1.807, 2.05) is 13.1 Å². The number of urea groups is 1. The average Bonchev–Trinajstić information content (AvgIpc) is 3.18. The fraction of sp³-hybridized carbons (Fsp3) is 0.571. The first-order chi connectivity index (χ1) is 14.4. The molecule has 0 radical (unpaired) electrons. The van der Waals surface area contributed by atoms with E-state index in [1.54, 1.807) is 32.1 Å². The van der Waals surface area contributed by atoms with Crippen LogP contribution in [0.2, 0.25) is 0 Å². The third-order valence-electron chi connectivity index (χ3n) is 6.35. The highest BCUT2D eigenvalue weighted by Gasteiger charge is 2.66. The number of likely N-dealkylation sites (tertiary alicyclic amines) is 1. The Morgan fingerprint density at radius 3 is 2.67 bits per heavy atom. The Morgan fingerprint density at radius 2 is 2.00 bits per heavy atom. The minimum absolute atomic E-state index is 0.0140. The molecule has 1 aromatic rings. The number of rotatable bonds is 6. The molecule has 162 valence electrons. The van der Waals surface area contributed by atoms with Gasteiger partial charge in [-0.1, -0.05) is 0 Å². The van der Waals surface area contributed by atoms with Gasteiger partial charge in [-0.2, -0.15) is 0 Å². The average molecular weight is 417 g/mol. The SMILES string of the molecule is CCOC(=O)CCN1C(=O)N2Cc3c(OC)cc(OC)cc3[C@H]3CN(C)C[C@]32C1=O. The van der Waals surface area contributed by atoms with E-state index < -0.39 is 11.5 Å². The topological polar surface area (TPSA) is 88.6 Å². The predicted octanol–water partition coefficient (Wildman–Crippen LogP) is 1.20. The van der Waals surface area contributed by atoms with Gasteiger partial charge in [0.1, 0.15) is 17.0 Å². The van der Waals surface area contributed by atoms with E-state index in [4.69, 9.17) is 14.2 Å². The van der Waals surface area contributed by atoms with Crippen LogP contribution >= 0.6 is 0 Å². The minimum atomic E-state index is -0.981. The van der Waals surface area contributed by atoms with E-state index in [-0.39, 0.29) is 44.0 Å². The molecular formula is C21H27N3O6. The van der Waals surface area contributed by atoms with Crippen molar-refractivity contribution in [2.24, 2.45) is 0 Å². The van der Waals surface area contributed by atoms with Crippen LogP contribution in [0.15, 0.2) is 12.1 Å². The van der Waals surface area contributed by atoms with Gasteiger partial charge in [0, 0.05) is 37.2 Å². The van der Waals surface area contributed by atoms with Crippen molar-refractivity contribution < 1.29 is 28.6 Å². The van der Waals surface area contributed by atoms with Crippen LogP contribution in [0.3, 0.4) is 0 Å². The molecule has 3 heterocycles. The van der Waals surface area contributed by atoms with Gasteiger partial charge < -0.3 is 24.0 Å². The summed E-state index contributed by atoms with van der Waals surface area (Å²) in [6.45, 7) is 3.35. The molecule has 1 aromatic carbocycles. The molecule has 0 aromatic heterocycles. The Balaban J connectivity index is 1.75. The lowest BCUT2D eigenvalue weighted by atomic mass is 9.75. The molecule has 0 N–H and O–H groups in total. The van der Waals surface area contributed by atoms with E-state index in [0.717, 1.165) is 11.1 Å². The number of methoxy groups -OCH3 is 2. The zero-order valence-corrected chi connectivity index (χ0v) is 17.8. The van der Waals surface area contributed by atoms with Crippen LogP contribution in [0, 0.1) is 0 Å². The molecule has 0 unspecified atom stereocenters. The number of ether oxygens (including phenoxy) is 3. The Morgan fingerprint density at radius 1 is 1.23 bits per heavy atom. The van der Waals surface area contributed by atoms with E-state index in [1.165, 1.54) is 4.90 Å². The molecule has 0 saturated carbocycles. The van der Waals surface area contributed by atoms with Crippen LogP contribution in [0.25, 0.3) is 0 Å². The molecule has 3 aliphatic heterocycles. The summed E-state index contributed by atoms with van der Waals surface area (Å²) in [5, 5.41) is 0. The summed E-state index contributed by atoms with van der Waals surface area (Å²) in [5.41, 5.74) is 0.882. The van der Waals surface area contributed by atoms with Crippen LogP contribution in [-0.4, -0.2) is 85.7 Å². The number of benzene rings is 1. The zero-order valence-electron chi connectivity index (χ0n) is 17.8. The quantitative estimate of drug-likeness (QED) is 0.508. The maximum Gasteiger partial charge on any atom is 0.328 e. The highest BCUT2D eigenvalue weighted by atomic mass is 16.5. The van der Waals surface area contributed by atoms with Gasteiger partial charge in [0.25, 0.3) is 5.91 Å². The lowest BCUT2D eigenvalue weighted by molar-refractivity contribution is -0.143. The first-order valence-electron chi connectivity index (χ1n) is 10.1. The van der Waals surface area contributed by atoms with Gasteiger partial charge in [-0.05, 0) is 25.6 Å². The fourth-order valence-electron chi connectivity index (χ4n) is 5.07. The summed E-state index contributed by atoms with van der Waals surface area (Å²) < 4.78 is 16.0. The number of carbonyl (C=O) groups is 3. The highest BCUT2D eigenvalue weighted by Crippen LogP contribution is 2.52. The van der Waals surface area contributed by atoms with Gasteiger partial charge in [0.15, 0.2) is 0 Å². The summed E-state index contributed by atoms with van der Waals surface area (Å²) in [6.07, 6.45) is -0.0140. The molecule has 0 bridgehead atoms. The monoisotopic (exact) mass is 417 g/mol. The molecule has 0 aliphatic carbocycles. The largest absolute Gasteiger partial charge is 0.497 e. The number of hydrogen-bond acceptors (Lipinski definition) is 7. The lowest BCUT2D eigenvalue weighted by Crippen LogP contribution is -2.57. The Kier molecular flexibility index (Phi) is 5.09. The molecule has 1 spiro atoms. The van der Waals surface area contributed by atoms with E-state index in [2.05, 4.69) is 4.90 Å². The maximum atomic E-state index is 13.6. The first kappa shape index (κ1) is 20.5. The summed E-state index contributed by atoms with van der Waals surface area (Å²) in [6, 6.07) is 3.37. The van der Waals surface area contributed by atoms with Crippen molar-refractivity contribution in [3.8, 4) is 11.5 Å². The first-order valence-corrected chi connectivity index (χ1v) is 10.1. The summed E-state index contributed by atoms with van der Waals surface area (Å²) in [5.74, 6) is 0.408. The van der Waals surface area contributed by atoms with Crippen molar-refractivity contribution in [3.63, 3.8) is 0 Å². The summed E-state index contributed by atoms with van der Waals surface area (Å²) in [7, 11) is 5.12. The van der Waals surface area contributed by atoms with Crippen molar-refractivity contribution in [2.75, 3.05) is 47.5 Å². The number of esters is 1. The third kappa shape index (κ3) is 2.83. The molecule has 3 aliphatic rings. The number of hydrogen-bond donors (Lipinski definition) is 0. The highest BCUT2D eigenvalue weighted by molar-refractivity contribution is 6.08. The van der Waals surface area contributed by atoms with Crippen LogP contribution < -0.4 is 9.47 Å². The molecule has 2 atom stereocenters.